The molecule has 0 bridgehead atoms. The van der Waals surface area contributed by atoms with E-state index in [1.807, 2.05) is 45.3 Å². The van der Waals surface area contributed by atoms with Gasteiger partial charge in [0.15, 0.2) is 5.13 Å². The molecular formula is C16H17N5OS. The molecule has 118 valence electrons. The molecule has 0 atom stereocenters. The van der Waals surface area contributed by atoms with Crippen LogP contribution in [-0.4, -0.2) is 25.7 Å². The van der Waals surface area contributed by atoms with E-state index in [1.165, 1.54) is 11.3 Å². The minimum absolute atomic E-state index is 0.261. The zero-order chi connectivity index (χ0) is 16.6. The Morgan fingerprint density at radius 3 is 2.48 bits per heavy atom. The molecular weight excluding hydrogens is 310 g/mol. The first kappa shape index (κ1) is 15.4. The molecule has 1 N–H and O–H groups in total. The highest BCUT2D eigenvalue weighted by molar-refractivity contribution is 7.13. The molecule has 7 heteroatoms. The number of amides is 1. The number of anilines is 1. The van der Waals surface area contributed by atoms with Gasteiger partial charge in [0.05, 0.1) is 17.1 Å². The van der Waals surface area contributed by atoms with Crippen LogP contribution in [0.1, 0.15) is 27.6 Å². The summed E-state index contributed by atoms with van der Waals surface area (Å²) in [5.74, 6) is -0.261. The maximum absolute atomic E-state index is 12.4. The molecule has 3 heterocycles. The highest BCUT2D eigenvalue weighted by atomic mass is 32.1. The number of hydrogen-bond acceptors (Lipinski definition) is 5. The average molecular weight is 327 g/mol. The number of carbonyl (C=O) groups is 1. The molecule has 0 saturated carbocycles. The van der Waals surface area contributed by atoms with Crippen molar-refractivity contribution >= 4 is 22.4 Å². The SMILES string of the molecule is Cc1cc(-c2cc(C)nn2C)cc(C(=O)Nc2nc(C)cs2)n1. The summed E-state index contributed by atoms with van der Waals surface area (Å²) in [7, 11) is 1.89. The molecule has 1 amide bonds. The topological polar surface area (TPSA) is 72.7 Å². The molecule has 0 aromatic carbocycles. The van der Waals surface area contributed by atoms with E-state index >= 15 is 0 Å². The first-order valence-corrected chi connectivity index (χ1v) is 8.03. The molecule has 0 aliphatic rings. The Morgan fingerprint density at radius 1 is 1.09 bits per heavy atom. The van der Waals surface area contributed by atoms with Crippen LogP contribution in [0.2, 0.25) is 0 Å². The van der Waals surface area contributed by atoms with Crippen LogP contribution in [0.15, 0.2) is 23.6 Å². The summed E-state index contributed by atoms with van der Waals surface area (Å²) < 4.78 is 1.80. The highest BCUT2D eigenvalue weighted by Gasteiger charge is 2.14. The predicted octanol–water partition coefficient (Wildman–Crippen LogP) is 3.12. The largest absolute Gasteiger partial charge is 0.296 e. The van der Waals surface area contributed by atoms with Gasteiger partial charge in [-0.15, -0.1) is 11.3 Å². The summed E-state index contributed by atoms with van der Waals surface area (Å²) in [5, 5.41) is 9.61. The summed E-state index contributed by atoms with van der Waals surface area (Å²) in [6.07, 6.45) is 0. The van der Waals surface area contributed by atoms with E-state index in [0.29, 0.717) is 10.8 Å². The summed E-state index contributed by atoms with van der Waals surface area (Å²) >= 11 is 1.40. The smallest absolute Gasteiger partial charge is 0.276 e. The third-order valence-corrected chi connectivity index (χ3v) is 4.20. The van der Waals surface area contributed by atoms with Gasteiger partial charge < -0.3 is 0 Å². The van der Waals surface area contributed by atoms with E-state index in [2.05, 4.69) is 20.4 Å². The zero-order valence-electron chi connectivity index (χ0n) is 13.4. The van der Waals surface area contributed by atoms with Crippen molar-refractivity contribution in [3.63, 3.8) is 0 Å². The van der Waals surface area contributed by atoms with Gasteiger partial charge in [-0.25, -0.2) is 9.97 Å². The van der Waals surface area contributed by atoms with Gasteiger partial charge in [-0.05, 0) is 39.0 Å². The number of nitrogens with one attached hydrogen (secondary N) is 1. The van der Waals surface area contributed by atoms with Crippen LogP contribution in [0.5, 0.6) is 0 Å². The van der Waals surface area contributed by atoms with Crippen molar-refractivity contribution in [3.8, 4) is 11.3 Å². The van der Waals surface area contributed by atoms with Gasteiger partial charge in [-0.2, -0.15) is 5.10 Å². The Morgan fingerprint density at radius 2 is 1.87 bits per heavy atom. The zero-order valence-corrected chi connectivity index (χ0v) is 14.2. The molecule has 0 aliphatic heterocycles. The van der Waals surface area contributed by atoms with E-state index in [4.69, 9.17) is 0 Å². The summed E-state index contributed by atoms with van der Waals surface area (Å²) in [5.41, 5.74) is 4.83. The fourth-order valence-electron chi connectivity index (χ4n) is 2.39. The second-order valence-corrected chi connectivity index (χ2v) is 6.28. The molecule has 0 spiro atoms. The normalized spacial score (nSPS) is 10.8. The number of aryl methyl sites for hydroxylation is 4. The van der Waals surface area contributed by atoms with Crippen LogP contribution < -0.4 is 5.32 Å². The number of thiazole rings is 1. The van der Waals surface area contributed by atoms with Crippen LogP contribution >= 0.6 is 11.3 Å². The van der Waals surface area contributed by atoms with Gasteiger partial charge in [0.2, 0.25) is 0 Å². The Bertz CT molecular complexity index is 880. The lowest BCUT2D eigenvalue weighted by Gasteiger charge is -2.07. The third kappa shape index (κ3) is 3.29. The van der Waals surface area contributed by atoms with Gasteiger partial charge in [-0.3, -0.25) is 14.8 Å². The Labute approximate surface area is 138 Å². The van der Waals surface area contributed by atoms with Crippen LogP contribution in [0.25, 0.3) is 11.3 Å². The fraction of sp³-hybridized carbons (Fsp3) is 0.250. The third-order valence-electron chi connectivity index (χ3n) is 3.32. The first-order chi connectivity index (χ1) is 10.9. The average Bonchev–Trinajstić information content (AvgIpc) is 3.03. The standard InChI is InChI=1S/C16H17N5OS/c1-9-5-12(14-6-10(2)20-21(14)4)7-13(17-9)15(22)19-16-18-11(3)8-23-16/h5-8H,1-4H3,(H,18,19,22). The Kier molecular flexibility index (Phi) is 3.96. The van der Waals surface area contributed by atoms with E-state index in [0.717, 1.165) is 28.3 Å². The van der Waals surface area contributed by atoms with Crippen molar-refractivity contribution in [1.82, 2.24) is 19.7 Å². The molecule has 3 aromatic heterocycles. The lowest BCUT2D eigenvalue weighted by molar-refractivity contribution is 0.102. The van der Waals surface area contributed by atoms with Crippen molar-refractivity contribution in [3.05, 3.63) is 46.4 Å². The Hall–Kier alpha value is -2.54. The van der Waals surface area contributed by atoms with Gasteiger partial charge in [0.25, 0.3) is 5.91 Å². The van der Waals surface area contributed by atoms with Crippen molar-refractivity contribution < 1.29 is 4.79 Å². The first-order valence-electron chi connectivity index (χ1n) is 7.15. The highest BCUT2D eigenvalue weighted by Crippen LogP contribution is 2.22. The maximum Gasteiger partial charge on any atom is 0.276 e. The van der Waals surface area contributed by atoms with Gasteiger partial charge in [0.1, 0.15) is 5.69 Å². The number of rotatable bonds is 3. The molecule has 0 fully saturated rings. The molecule has 0 radical (unpaired) electrons. The van der Waals surface area contributed by atoms with Gasteiger partial charge in [-0.1, -0.05) is 0 Å². The molecule has 0 unspecified atom stereocenters. The van der Waals surface area contributed by atoms with E-state index in [9.17, 15) is 4.79 Å². The van der Waals surface area contributed by atoms with Crippen LogP contribution in [0.4, 0.5) is 5.13 Å². The molecule has 23 heavy (non-hydrogen) atoms. The van der Waals surface area contributed by atoms with Crippen LogP contribution in [0.3, 0.4) is 0 Å². The van der Waals surface area contributed by atoms with Crippen molar-refractivity contribution in [2.45, 2.75) is 20.8 Å². The van der Waals surface area contributed by atoms with Crippen LogP contribution in [-0.2, 0) is 7.05 Å². The quantitative estimate of drug-likeness (QED) is 0.802. The maximum atomic E-state index is 12.4. The molecule has 0 aliphatic carbocycles. The van der Waals surface area contributed by atoms with E-state index in [-0.39, 0.29) is 5.91 Å². The van der Waals surface area contributed by atoms with E-state index in [1.54, 1.807) is 10.7 Å². The second kappa shape index (κ2) is 5.92. The minimum atomic E-state index is -0.261. The number of nitrogens with zero attached hydrogens (tertiary/aromatic N) is 4. The summed E-state index contributed by atoms with van der Waals surface area (Å²) in [6, 6.07) is 5.71. The molecule has 6 nitrogen and oxygen atoms in total. The Balaban J connectivity index is 1.94. The predicted molar refractivity (Wildman–Crippen MR) is 90.7 cm³/mol. The van der Waals surface area contributed by atoms with Crippen molar-refractivity contribution in [2.24, 2.45) is 7.05 Å². The fourth-order valence-corrected chi connectivity index (χ4v) is 3.07. The minimum Gasteiger partial charge on any atom is -0.296 e. The lowest BCUT2D eigenvalue weighted by Crippen LogP contribution is -2.14. The number of aromatic nitrogens is 4. The molecule has 0 saturated heterocycles. The monoisotopic (exact) mass is 327 g/mol. The lowest BCUT2D eigenvalue weighted by atomic mass is 10.1. The number of carbonyl (C=O) groups excluding carboxylic acids is 1. The van der Waals surface area contributed by atoms with Crippen LogP contribution in [0, 0.1) is 20.8 Å². The van der Waals surface area contributed by atoms with Crippen molar-refractivity contribution in [1.29, 1.82) is 0 Å². The number of pyridine rings is 1. The molecule has 3 rings (SSSR count). The second-order valence-electron chi connectivity index (χ2n) is 5.43. The van der Waals surface area contributed by atoms with E-state index < -0.39 is 0 Å². The molecule has 3 aromatic rings. The summed E-state index contributed by atoms with van der Waals surface area (Å²) in [6.45, 7) is 5.70. The van der Waals surface area contributed by atoms with Crippen molar-refractivity contribution in [2.75, 3.05) is 5.32 Å². The van der Waals surface area contributed by atoms with Gasteiger partial charge >= 0.3 is 0 Å². The number of hydrogen-bond donors (Lipinski definition) is 1. The summed E-state index contributed by atoms with van der Waals surface area (Å²) in [4.78, 5) is 21.0. The van der Waals surface area contributed by atoms with Gasteiger partial charge in [0, 0.05) is 23.7 Å².